The minimum atomic E-state index is 0.802. The molecule has 0 amide bonds. The van der Waals surface area contributed by atoms with Crippen LogP contribution >= 0.6 is 11.8 Å². The van der Waals surface area contributed by atoms with Gasteiger partial charge in [0, 0.05) is 30.4 Å². The maximum atomic E-state index is 3.64. The molecule has 0 spiro atoms. The summed E-state index contributed by atoms with van der Waals surface area (Å²) in [6.07, 6.45) is 7.17. The van der Waals surface area contributed by atoms with Crippen LogP contribution in [-0.4, -0.2) is 47.6 Å². The van der Waals surface area contributed by atoms with Gasteiger partial charge in [0.2, 0.25) is 0 Å². The second-order valence-electron chi connectivity index (χ2n) is 5.24. The van der Waals surface area contributed by atoms with Gasteiger partial charge in [0.15, 0.2) is 0 Å². The largest absolute Gasteiger partial charge is 0.313 e. The molecule has 0 aromatic heterocycles. The summed E-state index contributed by atoms with van der Waals surface area (Å²) >= 11 is 2.15. The Bertz CT molecular complexity index is 206. The Balaban J connectivity index is 1.57. The monoisotopic (exact) mass is 226 g/mol. The predicted octanol–water partition coefficient (Wildman–Crippen LogP) is 1.71. The molecule has 2 heterocycles. The molecule has 3 fully saturated rings. The first-order valence-electron chi connectivity index (χ1n) is 6.50. The Morgan fingerprint density at radius 3 is 2.67 bits per heavy atom. The standard InChI is InChI=1S/C12H22N2S/c1-2-10(13-6-1)8-14(11-3-4-11)12-5-7-15-9-12/h10-13H,1-9H2. The molecule has 0 aromatic carbocycles. The summed E-state index contributed by atoms with van der Waals surface area (Å²) in [6, 6.07) is 2.66. The number of rotatable bonds is 4. The van der Waals surface area contributed by atoms with E-state index in [1.54, 1.807) is 0 Å². The van der Waals surface area contributed by atoms with E-state index >= 15 is 0 Å². The van der Waals surface area contributed by atoms with Gasteiger partial charge in [0.05, 0.1) is 0 Å². The highest BCUT2D eigenvalue weighted by Gasteiger charge is 2.36. The van der Waals surface area contributed by atoms with Gasteiger partial charge >= 0.3 is 0 Å². The normalized spacial score (nSPS) is 36.6. The topological polar surface area (TPSA) is 15.3 Å². The van der Waals surface area contributed by atoms with Gasteiger partial charge in [-0.2, -0.15) is 11.8 Å². The Hall–Kier alpha value is 0.270. The number of nitrogens with one attached hydrogen (secondary N) is 1. The average molecular weight is 226 g/mol. The molecule has 15 heavy (non-hydrogen) atoms. The lowest BCUT2D eigenvalue weighted by molar-refractivity contribution is 0.185. The summed E-state index contributed by atoms with van der Waals surface area (Å²) in [6.45, 7) is 2.58. The van der Waals surface area contributed by atoms with E-state index in [2.05, 4.69) is 22.0 Å². The zero-order valence-corrected chi connectivity index (χ0v) is 10.3. The Kier molecular flexibility index (Phi) is 3.23. The number of nitrogens with zero attached hydrogens (tertiary/aromatic N) is 1. The van der Waals surface area contributed by atoms with Crippen LogP contribution in [0.3, 0.4) is 0 Å². The molecule has 2 nitrogen and oxygen atoms in total. The third-order valence-corrected chi connectivity index (χ3v) is 5.13. The summed E-state index contributed by atoms with van der Waals surface area (Å²) in [7, 11) is 0. The quantitative estimate of drug-likeness (QED) is 0.785. The molecule has 2 aliphatic heterocycles. The highest BCUT2D eigenvalue weighted by atomic mass is 32.2. The summed E-state index contributed by atoms with van der Waals surface area (Å²) in [5.41, 5.74) is 0. The van der Waals surface area contributed by atoms with Crippen molar-refractivity contribution in [3.05, 3.63) is 0 Å². The summed E-state index contributed by atoms with van der Waals surface area (Å²) in [5.74, 6) is 2.79. The van der Waals surface area contributed by atoms with Crippen LogP contribution in [0.15, 0.2) is 0 Å². The molecule has 86 valence electrons. The second kappa shape index (κ2) is 4.64. The van der Waals surface area contributed by atoms with Gasteiger partial charge in [0.1, 0.15) is 0 Å². The molecule has 3 heteroatoms. The van der Waals surface area contributed by atoms with Gasteiger partial charge in [0.25, 0.3) is 0 Å². The van der Waals surface area contributed by atoms with E-state index in [4.69, 9.17) is 0 Å². The van der Waals surface area contributed by atoms with Crippen LogP contribution in [0, 0.1) is 0 Å². The third-order valence-electron chi connectivity index (χ3n) is 3.98. The number of hydrogen-bond donors (Lipinski definition) is 1. The molecule has 1 N–H and O–H groups in total. The van der Waals surface area contributed by atoms with Crippen molar-refractivity contribution in [2.24, 2.45) is 0 Å². The zero-order valence-electron chi connectivity index (χ0n) is 9.45. The molecule has 2 saturated heterocycles. The minimum Gasteiger partial charge on any atom is -0.313 e. The molecule has 0 aromatic rings. The van der Waals surface area contributed by atoms with Crippen LogP contribution in [0.1, 0.15) is 32.1 Å². The second-order valence-corrected chi connectivity index (χ2v) is 6.39. The van der Waals surface area contributed by atoms with E-state index in [0.717, 1.165) is 18.1 Å². The molecular weight excluding hydrogens is 204 g/mol. The first kappa shape index (κ1) is 10.4. The SMILES string of the molecule is C1CNC(CN(C2CC2)C2CCSC2)C1. The van der Waals surface area contributed by atoms with Crippen molar-refractivity contribution in [3.8, 4) is 0 Å². The van der Waals surface area contributed by atoms with Gasteiger partial charge < -0.3 is 5.32 Å². The summed E-state index contributed by atoms with van der Waals surface area (Å²) in [4.78, 5) is 2.84. The maximum Gasteiger partial charge on any atom is 0.0197 e. The molecule has 3 aliphatic rings. The zero-order chi connectivity index (χ0) is 10.1. The lowest BCUT2D eigenvalue weighted by Gasteiger charge is -2.30. The van der Waals surface area contributed by atoms with Gasteiger partial charge in [-0.15, -0.1) is 0 Å². The molecule has 1 aliphatic carbocycles. The van der Waals surface area contributed by atoms with Crippen LogP contribution < -0.4 is 5.32 Å². The highest BCUT2D eigenvalue weighted by molar-refractivity contribution is 7.99. The number of hydrogen-bond acceptors (Lipinski definition) is 3. The van der Waals surface area contributed by atoms with E-state index in [1.165, 1.54) is 56.7 Å². The van der Waals surface area contributed by atoms with Crippen LogP contribution in [0.25, 0.3) is 0 Å². The minimum absolute atomic E-state index is 0.802. The van der Waals surface area contributed by atoms with E-state index in [1.807, 2.05) is 0 Å². The maximum absolute atomic E-state index is 3.64. The third kappa shape index (κ3) is 2.51. The van der Waals surface area contributed by atoms with Crippen molar-refractivity contribution in [3.63, 3.8) is 0 Å². The molecule has 3 rings (SSSR count). The molecule has 1 saturated carbocycles. The van der Waals surface area contributed by atoms with E-state index < -0.39 is 0 Å². The fourth-order valence-corrected chi connectivity index (χ4v) is 4.19. The van der Waals surface area contributed by atoms with Gasteiger partial charge in [-0.3, -0.25) is 4.90 Å². The van der Waals surface area contributed by atoms with Gasteiger partial charge in [-0.25, -0.2) is 0 Å². The highest BCUT2D eigenvalue weighted by Crippen LogP contribution is 2.34. The van der Waals surface area contributed by atoms with E-state index in [-0.39, 0.29) is 0 Å². The smallest absolute Gasteiger partial charge is 0.0197 e. The fourth-order valence-electron chi connectivity index (χ4n) is 2.95. The Labute approximate surface area is 97.2 Å². The van der Waals surface area contributed by atoms with E-state index in [9.17, 15) is 0 Å². The first-order valence-corrected chi connectivity index (χ1v) is 7.66. The van der Waals surface area contributed by atoms with Gasteiger partial charge in [-0.1, -0.05) is 0 Å². The number of thioether (sulfide) groups is 1. The fraction of sp³-hybridized carbons (Fsp3) is 1.00. The Morgan fingerprint density at radius 1 is 1.13 bits per heavy atom. The van der Waals surface area contributed by atoms with Crippen molar-refractivity contribution < 1.29 is 0 Å². The lowest BCUT2D eigenvalue weighted by atomic mass is 10.1. The average Bonchev–Trinajstić information content (AvgIpc) is 2.78. The molecule has 2 atom stereocenters. The lowest BCUT2D eigenvalue weighted by Crippen LogP contribution is -2.44. The molecule has 2 unspecified atom stereocenters. The molecule has 0 radical (unpaired) electrons. The van der Waals surface area contributed by atoms with Crippen LogP contribution in [0.4, 0.5) is 0 Å². The Morgan fingerprint density at radius 2 is 2.07 bits per heavy atom. The first-order chi connectivity index (χ1) is 7.43. The predicted molar refractivity (Wildman–Crippen MR) is 66.5 cm³/mol. The van der Waals surface area contributed by atoms with Crippen molar-refractivity contribution in [1.82, 2.24) is 10.2 Å². The van der Waals surface area contributed by atoms with Crippen LogP contribution in [0.5, 0.6) is 0 Å². The van der Waals surface area contributed by atoms with Crippen molar-refractivity contribution in [1.29, 1.82) is 0 Å². The summed E-state index contributed by atoms with van der Waals surface area (Å²) in [5, 5.41) is 3.64. The van der Waals surface area contributed by atoms with Crippen molar-refractivity contribution in [2.75, 3.05) is 24.6 Å². The summed E-state index contributed by atoms with van der Waals surface area (Å²) < 4.78 is 0. The molecule has 0 bridgehead atoms. The van der Waals surface area contributed by atoms with Crippen LogP contribution in [0.2, 0.25) is 0 Å². The van der Waals surface area contributed by atoms with Crippen molar-refractivity contribution in [2.45, 2.75) is 50.2 Å². The van der Waals surface area contributed by atoms with Gasteiger partial charge in [-0.05, 0) is 44.4 Å². The van der Waals surface area contributed by atoms with Crippen molar-refractivity contribution >= 4 is 11.8 Å². The van der Waals surface area contributed by atoms with E-state index in [0.29, 0.717) is 0 Å². The van der Waals surface area contributed by atoms with Crippen LogP contribution in [-0.2, 0) is 0 Å². The molecular formula is C12H22N2S.